The highest BCUT2D eigenvalue weighted by atomic mass is 16.5. The molecule has 0 aliphatic carbocycles. The molecule has 0 radical (unpaired) electrons. The lowest BCUT2D eigenvalue weighted by Gasteiger charge is -2.23. The summed E-state index contributed by atoms with van der Waals surface area (Å²) in [6.45, 7) is 5.49. The molecule has 0 aromatic rings. The second-order valence-electron chi connectivity index (χ2n) is 5.13. The Bertz CT molecular complexity index is 244. The normalized spacial score (nSPS) is 13.6. The van der Waals surface area contributed by atoms with Crippen LogP contribution in [-0.4, -0.2) is 24.5 Å². The fourth-order valence-electron chi connectivity index (χ4n) is 2.14. The van der Waals surface area contributed by atoms with Crippen LogP contribution in [0.1, 0.15) is 72.1 Å². The second kappa shape index (κ2) is 12.0. The van der Waals surface area contributed by atoms with E-state index in [0.29, 0.717) is 6.41 Å². The Morgan fingerprint density at radius 3 is 2.26 bits per heavy atom. The number of hydrogen-bond donors (Lipinski definition) is 1. The summed E-state index contributed by atoms with van der Waals surface area (Å²) in [5.41, 5.74) is 0. The van der Waals surface area contributed by atoms with Crippen molar-refractivity contribution in [1.82, 2.24) is 5.32 Å². The zero-order chi connectivity index (χ0) is 14.5. The smallest absolute Gasteiger partial charge is 0.302 e. The van der Waals surface area contributed by atoms with Crippen LogP contribution in [0.4, 0.5) is 0 Å². The van der Waals surface area contributed by atoms with Crippen molar-refractivity contribution in [2.75, 3.05) is 0 Å². The molecule has 0 fully saturated rings. The summed E-state index contributed by atoms with van der Waals surface area (Å²) in [5, 5.41) is 2.66. The Hall–Kier alpha value is -1.06. The maximum atomic E-state index is 11.0. The molecule has 4 heteroatoms. The van der Waals surface area contributed by atoms with E-state index in [-0.39, 0.29) is 18.1 Å². The minimum Gasteiger partial charge on any atom is -0.460 e. The third kappa shape index (κ3) is 10.5. The molecule has 2 atom stereocenters. The Morgan fingerprint density at radius 2 is 1.74 bits per heavy atom. The van der Waals surface area contributed by atoms with Gasteiger partial charge in [0.1, 0.15) is 6.10 Å². The lowest BCUT2D eigenvalue weighted by molar-refractivity contribution is -0.148. The minimum absolute atomic E-state index is 0.124. The van der Waals surface area contributed by atoms with E-state index in [4.69, 9.17) is 4.74 Å². The predicted octanol–water partition coefficient (Wildman–Crippen LogP) is 3.19. The van der Waals surface area contributed by atoms with Crippen molar-refractivity contribution < 1.29 is 14.3 Å². The van der Waals surface area contributed by atoms with Gasteiger partial charge in [0.2, 0.25) is 6.41 Å². The van der Waals surface area contributed by atoms with E-state index < -0.39 is 0 Å². The molecule has 0 aliphatic rings. The van der Waals surface area contributed by atoms with E-state index in [1.165, 1.54) is 39.0 Å². The minimum atomic E-state index is -0.285. The number of nitrogens with one attached hydrogen (secondary N) is 1. The quantitative estimate of drug-likeness (QED) is 0.337. The van der Waals surface area contributed by atoms with Crippen LogP contribution in [0, 0.1) is 0 Å². The van der Waals surface area contributed by atoms with Crippen LogP contribution in [-0.2, 0) is 14.3 Å². The van der Waals surface area contributed by atoms with Crippen LogP contribution in [0.25, 0.3) is 0 Å². The first-order valence-corrected chi connectivity index (χ1v) is 7.48. The van der Waals surface area contributed by atoms with Gasteiger partial charge in [0, 0.05) is 6.92 Å². The number of rotatable bonds is 12. The van der Waals surface area contributed by atoms with Gasteiger partial charge in [-0.3, -0.25) is 9.59 Å². The van der Waals surface area contributed by atoms with Crippen molar-refractivity contribution in [1.29, 1.82) is 0 Å². The van der Waals surface area contributed by atoms with Gasteiger partial charge >= 0.3 is 5.97 Å². The number of carbonyl (C=O) groups is 2. The molecule has 0 rings (SSSR count). The number of unbranched alkanes of at least 4 members (excludes halogenated alkanes) is 6. The van der Waals surface area contributed by atoms with Crippen molar-refractivity contribution in [2.45, 2.75) is 84.3 Å². The van der Waals surface area contributed by atoms with Crippen LogP contribution in [0.15, 0.2) is 0 Å². The topological polar surface area (TPSA) is 55.4 Å². The van der Waals surface area contributed by atoms with Gasteiger partial charge in [-0.1, -0.05) is 45.4 Å². The Labute approximate surface area is 117 Å². The van der Waals surface area contributed by atoms with Gasteiger partial charge in [0.25, 0.3) is 0 Å². The molecular formula is C15H29NO3. The van der Waals surface area contributed by atoms with Gasteiger partial charge < -0.3 is 10.1 Å². The van der Waals surface area contributed by atoms with E-state index in [9.17, 15) is 9.59 Å². The summed E-state index contributed by atoms with van der Waals surface area (Å²) >= 11 is 0. The highest BCUT2D eigenvalue weighted by molar-refractivity contribution is 5.66. The van der Waals surface area contributed by atoms with Gasteiger partial charge in [-0.05, 0) is 19.8 Å². The Kier molecular flexibility index (Phi) is 11.3. The summed E-state index contributed by atoms with van der Waals surface area (Å²) in [5.74, 6) is -0.285. The first-order valence-electron chi connectivity index (χ1n) is 7.48. The summed E-state index contributed by atoms with van der Waals surface area (Å²) in [6.07, 6.45) is 9.88. The molecular weight excluding hydrogens is 242 g/mol. The molecule has 0 saturated carbocycles. The van der Waals surface area contributed by atoms with Crippen molar-refractivity contribution >= 4 is 12.4 Å². The highest BCUT2D eigenvalue weighted by Crippen LogP contribution is 2.13. The van der Waals surface area contributed by atoms with E-state index in [2.05, 4.69) is 12.2 Å². The number of esters is 1. The zero-order valence-electron chi connectivity index (χ0n) is 12.6. The van der Waals surface area contributed by atoms with Crippen molar-refractivity contribution in [3.63, 3.8) is 0 Å². The second-order valence-corrected chi connectivity index (χ2v) is 5.13. The highest BCUT2D eigenvalue weighted by Gasteiger charge is 2.19. The van der Waals surface area contributed by atoms with Crippen molar-refractivity contribution in [3.8, 4) is 0 Å². The van der Waals surface area contributed by atoms with Crippen LogP contribution >= 0.6 is 0 Å². The fraction of sp³-hybridized carbons (Fsp3) is 0.867. The summed E-state index contributed by atoms with van der Waals surface area (Å²) in [7, 11) is 0. The largest absolute Gasteiger partial charge is 0.460 e. The molecule has 0 unspecified atom stereocenters. The third-order valence-electron chi connectivity index (χ3n) is 3.30. The maximum absolute atomic E-state index is 11.0. The molecule has 0 aromatic heterocycles. The molecule has 0 aromatic carbocycles. The Morgan fingerprint density at radius 1 is 1.16 bits per heavy atom. The molecule has 0 aliphatic heterocycles. The van der Waals surface area contributed by atoms with Gasteiger partial charge in [0.15, 0.2) is 0 Å². The maximum Gasteiger partial charge on any atom is 0.302 e. The molecule has 0 saturated heterocycles. The van der Waals surface area contributed by atoms with Crippen molar-refractivity contribution in [3.05, 3.63) is 0 Å². The van der Waals surface area contributed by atoms with Gasteiger partial charge in [0.05, 0.1) is 6.04 Å². The summed E-state index contributed by atoms with van der Waals surface area (Å²) < 4.78 is 5.25. The number of hydrogen-bond acceptors (Lipinski definition) is 3. The summed E-state index contributed by atoms with van der Waals surface area (Å²) in [6, 6.07) is -0.124. The van der Waals surface area contributed by atoms with E-state index in [1.54, 1.807) is 0 Å². The lowest BCUT2D eigenvalue weighted by atomic mass is 10.0. The third-order valence-corrected chi connectivity index (χ3v) is 3.30. The van der Waals surface area contributed by atoms with Crippen LogP contribution in [0.5, 0.6) is 0 Å². The SMILES string of the molecule is CCCCCCCCC[C@H](OC(C)=O)[C@@H](C)NC=O. The molecule has 19 heavy (non-hydrogen) atoms. The summed E-state index contributed by atoms with van der Waals surface area (Å²) in [4.78, 5) is 21.5. The number of amides is 1. The van der Waals surface area contributed by atoms with E-state index >= 15 is 0 Å². The molecule has 1 N–H and O–H groups in total. The van der Waals surface area contributed by atoms with Crippen molar-refractivity contribution in [2.24, 2.45) is 0 Å². The monoisotopic (exact) mass is 271 g/mol. The average molecular weight is 271 g/mol. The van der Waals surface area contributed by atoms with Crippen LogP contribution in [0.3, 0.4) is 0 Å². The average Bonchev–Trinajstić information content (AvgIpc) is 2.36. The molecule has 1 amide bonds. The van der Waals surface area contributed by atoms with Gasteiger partial charge in [-0.25, -0.2) is 0 Å². The van der Waals surface area contributed by atoms with Crippen LogP contribution < -0.4 is 5.32 Å². The molecule has 4 nitrogen and oxygen atoms in total. The first-order chi connectivity index (χ1) is 9.11. The number of carbonyl (C=O) groups excluding carboxylic acids is 2. The van der Waals surface area contributed by atoms with E-state index in [0.717, 1.165) is 19.3 Å². The van der Waals surface area contributed by atoms with Gasteiger partial charge in [-0.2, -0.15) is 0 Å². The Balaban J connectivity index is 3.79. The molecule has 0 spiro atoms. The standard InChI is InChI=1S/C15H29NO3/c1-4-5-6-7-8-9-10-11-15(19-14(3)18)13(2)16-12-17/h12-13,15H,4-11H2,1-3H3,(H,16,17)/t13-,15+/m1/s1. The lowest BCUT2D eigenvalue weighted by Crippen LogP contribution is -2.39. The molecule has 0 bridgehead atoms. The predicted molar refractivity (Wildman–Crippen MR) is 76.8 cm³/mol. The van der Waals surface area contributed by atoms with Gasteiger partial charge in [-0.15, -0.1) is 0 Å². The van der Waals surface area contributed by atoms with Crippen LogP contribution in [0.2, 0.25) is 0 Å². The number of ether oxygens (including phenoxy) is 1. The molecule has 112 valence electrons. The molecule has 0 heterocycles. The first kappa shape index (κ1) is 17.9. The zero-order valence-corrected chi connectivity index (χ0v) is 12.6. The van der Waals surface area contributed by atoms with E-state index in [1.807, 2.05) is 6.92 Å². The fourth-order valence-corrected chi connectivity index (χ4v) is 2.14.